The number of halogens is 1. The molecule has 1 fully saturated rings. The molecule has 1 atom stereocenters. The number of carbonyl (C=O) groups excluding carboxylic acids is 1. The Morgan fingerprint density at radius 2 is 1.80 bits per heavy atom. The molecule has 1 aromatic carbocycles. The molecule has 0 aliphatic carbocycles. The van der Waals surface area contributed by atoms with E-state index in [1.165, 1.54) is 12.1 Å². The van der Waals surface area contributed by atoms with Gasteiger partial charge in [-0.05, 0) is 44.0 Å². The lowest BCUT2D eigenvalue weighted by atomic mass is 10.3. The molecule has 1 amide bonds. The van der Waals surface area contributed by atoms with Crippen LogP contribution in [0.2, 0.25) is 0 Å². The van der Waals surface area contributed by atoms with Gasteiger partial charge in [0.05, 0.1) is 10.9 Å². The monoisotopic (exact) mass is 360 g/mol. The van der Waals surface area contributed by atoms with Crippen LogP contribution in [-0.2, 0) is 14.8 Å². The fourth-order valence-corrected chi connectivity index (χ4v) is 3.64. The van der Waals surface area contributed by atoms with Crippen LogP contribution in [0.1, 0.15) is 19.8 Å². The Hall–Kier alpha value is -0.920. The minimum atomic E-state index is -3.67. The van der Waals surface area contributed by atoms with Gasteiger partial charge in [0.1, 0.15) is 0 Å². The van der Waals surface area contributed by atoms with E-state index in [0.29, 0.717) is 13.1 Å². The number of nitrogens with zero attached hydrogens (tertiary/aromatic N) is 1. The Labute approximate surface area is 127 Å². The number of amides is 1. The normalized spacial score (nSPS) is 17.2. The van der Waals surface area contributed by atoms with Gasteiger partial charge in [0, 0.05) is 17.6 Å². The van der Waals surface area contributed by atoms with Gasteiger partial charge in [-0.1, -0.05) is 15.9 Å². The molecule has 0 bridgehead atoms. The molecule has 0 aromatic heterocycles. The van der Waals surface area contributed by atoms with E-state index in [4.69, 9.17) is 0 Å². The molecule has 1 heterocycles. The first-order valence-corrected chi connectivity index (χ1v) is 8.74. The molecule has 1 N–H and O–H groups in total. The van der Waals surface area contributed by atoms with E-state index < -0.39 is 16.1 Å². The molecule has 1 aliphatic heterocycles. The van der Waals surface area contributed by atoms with Gasteiger partial charge in [-0.3, -0.25) is 4.79 Å². The molecule has 110 valence electrons. The zero-order chi connectivity index (χ0) is 14.8. The molecule has 1 aromatic rings. The molecule has 20 heavy (non-hydrogen) atoms. The number of rotatable bonds is 4. The highest BCUT2D eigenvalue weighted by atomic mass is 79.9. The molecule has 0 spiro atoms. The molecule has 7 heteroatoms. The van der Waals surface area contributed by atoms with Gasteiger partial charge in [-0.2, -0.15) is 4.72 Å². The summed E-state index contributed by atoms with van der Waals surface area (Å²) in [4.78, 5) is 14.0. The number of hydrogen-bond donors (Lipinski definition) is 1. The molecule has 0 radical (unpaired) electrons. The van der Waals surface area contributed by atoms with Crippen LogP contribution in [0.15, 0.2) is 33.6 Å². The maximum Gasteiger partial charge on any atom is 0.241 e. The van der Waals surface area contributed by atoms with Crippen LogP contribution in [0.25, 0.3) is 0 Å². The lowest BCUT2D eigenvalue weighted by molar-refractivity contribution is -0.131. The van der Waals surface area contributed by atoms with E-state index in [2.05, 4.69) is 20.7 Å². The molecule has 2 rings (SSSR count). The molecule has 0 saturated carbocycles. The number of hydrogen-bond acceptors (Lipinski definition) is 3. The standard InChI is InChI=1S/C13H17BrN2O3S/c1-10(13(17)16-8-2-3-9-16)15-20(18,19)12-6-4-11(14)5-7-12/h4-7,10,15H,2-3,8-9H2,1H3/t10-/m1/s1. The summed E-state index contributed by atoms with van der Waals surface area (Å²) in [6, 6.07) is 5.56. The minimum absolute atomic E-state index is 0.154. The molecule has 1 saturated heterocycles. The predicted octanol–water partition coefficient (Wildman–Crippen LogP) is 1.74. The maximum atomic E-state index is 12.2. The summed E-state index contributed by atoms with van der Waals surface area (Å²) < 4.78 is 27.6. The average Bonchev–Trinajstić information content (AvgIpc) is 2.91. The smallest absolute Gasteiger partial charge is 0.241 e. The summed E-state index contributed by atoms with van der Waals surface area (Å²) in [6.07, 6.45) is 1.97. The first kappa shape index (κ1) is 15.5. The molecular weight excluding hydrogens is 344 g/mol. The molecule has 0 unspecified atom stereocenters. The van der Waals surface area contributed by atoms with Crippen LogP contribution in [0, 0.1) is 0 Å². The number of nitrogens with one attached hydrogen (secondary N) is 1. The van der Waals surface area contributed by atoms with Crippen molar-refractivity contribution < 1.29 is 13.2 Å². The topological polar surface area (TPSA) is 66.5 Å². The average molecular weight is 361 g/mol. The van der Waals surface area contributed by atoms with Crippen molar-refractivity contribution >= 4 is 31.9 Å². The third-order valence-corrected chi connectivity index (χ3v) is 5.33. The summed E-state index contributed by atoms with van der Waals surface area (Å²) in [7, 11) is -3.67. The zero-order valence-electron chi connectivity index (χ0n) is 11.2. The van der Waals surface area contributed by atoms with Crippen molar-refractivity contribution in [1.82, 2.24) is 9.62 Å². The van der Waals surface area contributed by atoms with Crippen molar-refractivity contribution in [3.8, 4) is 0 Å². The van der Waals surface area contributed by atoms with Crippen molar-refractivity contribution in [3.63, 3.8) is 0 Å². The predicted molar refractivity (Wildman–Crippen MR) is 79.7 cm³/mol. The second-order valence-electron chi connectivity index (χ2n) is 4.83. The first-order valence-electron chi connectivity index (χ1n) is 6.47. The number of carbonyl (C=O) groups is 1. The van der Waals surface area contributed by atoms with Crippen LogP contribution in [-0.4, -0.2) is 38.4 Å². The second kappa shape index (κ2) is 6.24. The van der Waals surface area contributed by atoms with E-state index >= 15 is 0 Å². The van der Waals surface area contributed by atoms with Gasteiger partial charge < -0.3 is 4.90 Å². The van der Waals surface area contributed by atoms with E-state index in [1.54, 1.807) is 24.0 Å². The van der Waals surface area contributed by atoms with Crippen molar-refractivity contribution in [2.45, 2.75) is 30.7 Å². The van der Waals surface area contributed by atoms with Crippen molar-refractivity contribution in [2.24, 2.45) is 0 Å². The fraction of sp³-hybridized carbons (Fsp3) is 0.462. The van der Waals surface area contributed by atoms with E-state index in [1.807, 2.05) is 0 Å². The Morgan fingerprint density at radius 3 is 2.35 bits per heavy atom. The van der Waals surface area contributed by atoms with Crippen LogP contribution in [0.3, 0.4) is 0 Å². The molecule has 5 nitrogen and oxygen atoms in total. The van der Waals surface area contributed by atoms with Gasteiger partial charge in [0.2, 0.25) is 15.9 Å². The summed E-state index contributed by atoms with van der Waals surface area (Å²) >= 11 is 3.25. The van der Waals surface area contributed by atoms with E-state index in [-0.39, 0.29) is 10.8 Å². The Morgan fingerprint density at radius 1 is 1.25 bits per heavy atom. The van der Waals surface area contributed by atoms with Crippen LogP contribution in [0.5, 0.6) is 0 Å². The highest BCUT2D eigenvalue weighted by Crippen LogP contribution is 2.15. The minimum Gasteiger partial charge on any atom is -0.341 e. The Balaban J connectivity index is 2.07. The lowest BCUT2D eigenvalue weighted by Gasteiger charge is -2.21. The highest BCUT2D eigenvalue weighted by Gasteiger charge is 2.27. The van der Waals surface area contributed by atoms with Crippen LogP contribution >= 0.6 is 15.9 Å². The summed E-state index contributed by atoms with van der Waals surface area (Å²) in [5.74, 6) is -0.164. The van der Waals surface area contributed by atoms with E-state index in [0.717, 1.165) is 17.3 Å². The van der Waals surface area contributed by atoms with Crippen LogP contribution in [0.4, 0.5) is 0 Å². The van der Waals surface area contributed by atoms with Gasteiger partial charge >= 0.3 is 0 Å². The van der Waals surface area contributed by atoms with Gasteiger partial charge in [0.25, 0.3) is 0 Å². The summed E-state index contributed by atoms with van der Waals surface area (Å²) in [5, 5.41) is 0. The van der Waals surface area contributed by atoms with E-state index in [9.17, 15) is 13.2 Å². The Bertz CT molecular complexity index is 580. The van der Waals surface area contributed by atoms with Gasteiger partial charge in [0.15, 0.2) is 0 Å². The third-order valence-electron chi connectivity index (χ3n) is 3.24. The fourth-order valence-electron chi connectivity index (χ4n) is 2.18. The number of likely N-dealkylation sites (tertiary alicyclic amines) is 1. The van der Waals surface area contributed by atoms with Crippen molar-refractivity contribution in [2.75, 3.05) is 13.1 Å². The largest absolute Gasteiger partial charge is 0.341 e. The Kier molecular flexibility index (Phi) is 4.82. The second-order valence-corrected chi connectivity index (χ2v) is 7.46. The molecular formula is C13H17BrN2O3S. The third kappa shape index (κ3) is 3.59. The van der Waals surface area contributed by atoms with Gasteiger partial charge in [-0.25, -0.2) is 8.42 Å². The van der Waals surface area contributed by atoms with Crippen molar-refractivity contribution in [3.05, 3.63) is 28.7 Å². The number of sulfonamides is 1. The highest BCUT2D eigenvalue weighted by molar-refractivity contribution is 9.10. The van der Waals surface area contributed by atoms with Crippen LogP contribution < -0.4 is 4.72 Å². The number of benzene rings is 1. The quantitative estimate of drug-likeness (QED) is 0.889. The van der Waals surface area contributed by atoms with Crippen molar-refractivity contribution in [1.29, 1.82) is 0 Å². The van der Waals surface area contributed by atoms with Gasteiger partial charge in [-0.15, -0.1) is 0 Å². The summed E-state index contributed by atoms with van der Waals surface area (Å²) in [6.45, 7) is 3.00. The zero-order valence-corrected chi connectivity index (χ0v) is 13.6. The maximum absolute atomic E-state index is 12.2. The lowest BCUT2D eigenvalue weighted by Crippen LogP contribution is -2.45. The first-order chi connectivity index (χ1) is 9.40. The molecule has 1 aliphatic rings. The SMILES string of the molecule is C[C@@H](NS(=O)(=O)c1ccc(Br)cc1)C(=O)N1CCCC1. The summed E-state index contributed by atoms with van der Waals surface area (Å²) in [5.41, 5.74) is 0.